The molecule has 0 aromatic heterocycles. The fourth-order valence-electron chi connectivity index (χ4n) is 4.39. The number of amides is 1. The Morgan fingerprint density at radius 1 is 1.00 bits per heavy atom. The molecule has 0 spiro atoms. The number of rotatable bonds is 12. The Labute approximate surface area is 202 Å². The van der Waals surface area contributed by atoms with Gasteiger partial charge in [-0.1, -0.05) is 85.2 Å². The molecular formula is C25H43NO5SSi. The summed E-state index contributed by atoms with van der Waals surface area (Å²) in [5, 5.41) is 10.2. The predicted octanol–water partition coefficient (Wildman–Crippen LogP) is 5.32. The third kappa shape index (κ3) is 7.77. The number of hydrogen-bond acceptors (Lipinski definition) is 5. The Bertz CT molecular complexity index is 870. The molecule has 0 saturated heterocycles. The highest BCUT2D eigenvalue weighted by atomic mass is 32.2. The minimum atomic E-state index is -4.04. The second-order valence-electron chi connectivity index (χ2n) is 10.1. The maximum atomic E-state index is 13.2. The van der Waals surface area contributed by atoms with Crippen molar-refractivity contribution in [1.29, 1.82) is 0 Å². The maximum Gasteiger partial charge on any atom is 0.265 e. The Kier molecular flexibility index (Phi) is 11.0. The summed E-state index contributed by atoms with van der Waals surface area (Å²) in [5.41, 5.74) is 1.58. The van der Waals surface area contributed by atoms with E-state index in [9.17, 15) is 18.3 Å². The fourth-order valence-corrected chi connectivity index (χ4v) is 10.8. The van der Waals surface area contributed by atoms with Gasteiger partial charge in [-0.3, -0.25) is 4.79 Å². The van der Waals surface area contributed by atoms with Crippen LogP contribution in [-0.4, -0.2) is 40.0 Å². The lowest BCUT2D eigenvalue weighted by molar-refractivity contribution is -0.124. The van der Waals surface area contributed by atoms with Gasteiger partial charge >= 0.3 is 0 Å². The first-order chi connectivity index (χ1) is 15.1. The first kappa shape index (κ1) is 29.5. The third-order valence-electron chi connectivity index (χ3n) is 6.32. The summed E-state index contributed by atoms with van der Waals surface area (Å²) < 4.78 is 34.5. The van der Waals surface area contributed by atoms with E-state index in [1.807, 2.05) is 20.8 Å². The predicted molar refractivity (Wildman–Crippen MR) is 137 cm³/mol. The second-order valence-corrected chi connectivity index (χ2v) is 17.2. The third-order valence-corrected chi connectivity index (χ3v) is 13.8. The zero-order chi connectivity index (χ0) is 25.6. The van der Waals surface area contributed by atoms with Crippen molar-refractivity contribution >= 4 is 24.2 Å². The molecule has 2 N–H and O–H groups in total. The van der Waals surface area contributed by atoms with Gasteiger partial charge in [0.1, 0.15) is 6.10 Å². The van der Waals surface area contributed by atoms with Crippen molar-refractivity contribution in [2.24, 2.45) is 5.92 Å². The zero-order valence-corrected chi connectivity index (χ0v) is 23.4. The van der Waals surface area contributed by atoms with E-state index in [0.717, 1.165) is 5.56 Å². The van der Waals surface area contributed by atoms with E-state index in [1.165, 1.54) is 12.1 Å². The molecule has 2 atom stereocenters. The average Bonchev–Trinajstić information content (AvgIpc) is 2.69. The number of nitrogens with one attached hydrogen (secondary N) is 1. The summed E-state index contributed by atoms with van der Waals surface area (Å²) >= 11 is 0. The fraction of sp³-hybridized carbons (Fsp3) is 0.640. The lowest BCUT2D eigenvalue weighted by Gasteiger charge is -2.43. The van der Waals surface area contributed by atoms with Crippen molar-refractivity contribution in [2.45, 2.75) is 102 Å². The van der Waals surface area contributed by atoms with Crippen LogP contribution in [0.3, 0.4) is 0 Å². The van der Waals surface area contributed by atoms with Crippen molar-refractivity contribution in [3.8, 4) is 0 Å². The van der Waals surface area contributed by atoms with Crippen molar-refractivity contribution in [3.63, 3.8) is 0 Å². The first-order valence-corrected chi connectivity index (χ1v) is 15.4. The summed E-state index contributed by atoms with van der Waals surface area (Å²) in [6.07, 6.45) is 2.05. The quantitative estimate of drug-likeness (QED) is 0.301. The number of aliphatic hydroxyl groups excluding tert-OH is 1. The normalized spacial score (nSPS) is 15.1. The minimum Gasteiger partial charge on any atom is -0.401 e. The standard InChI is InChI=1S/C25H43NO5SSi/c1-17(2)23(27)11-10-12-24(31-33(18(3)4,19(5)6)20(7)8)25(28)26-32(29,30)22-15-13-21(9)14-16-22/h10,12-20,23-24,27H,11H2,1-9H3,(H,26,28)/b12-10+/t23-,24-/m1/s1. The summed E-state index contributed by atoms with van der Waals surface area (Å²) in [6, 6.07) is 6.33. The van der Waals surface area contributed by atoms with Crippen LogP contribution >= 0.6 is 0 Å². The number of carbonyl (C=O) groups excluding carboxylic acids is 1. The summed E-state index contributed by atoms with van der Waals surface area (Å²) in [4.78, 5) is 13.3. The van der Waals surface area contributed by atoms with Gasteiger partial charge in [-0.25, -0.2) is 13.1 Å². The average molecular weight is 498 g/mol. The molecule has 1 aromatic rings. The van der Waals surface area contributed by atoms with E-state index in [0.29, 0.717) is 6.42 Å². The zero-order valence-electron chi connectivity index (χ0n) is 21.6. The van der Waals surface area contributed by atoms with Crippen LogP contribution in [0.1, 0.15) is 67.4 Å². The van der Waals surface area contributed by atoms with Crippen LogP contribution in [-0.2, 0) is 19.2 Å². The largest absolute Gasteiger partial charge is 0.401 e. The molecule has 0 aliphatic heterocycles. The molecule has 0 bridgehead atoms. The monoisotopic (exact) mass is 497 g/mol. The van der Waals surface area contributed by atoms with Crippen molar-refractivity contribution in [3.05, 3.63) is 42.0 Å². The molecule has 1 rings (SSSR count). The van der Waals surface area contributed by atoms with Crippen LogP contribution in [0.5, 0.6) is 0 Å². The number of aliphatic hydroxyl groups is 1. The van der Waals surface area contributed by atoms with Crippen LogP contribution in [0.2, 0.25) is 16.6 Å². The van der Waals surface area contributed by atoms with Gasteiger partial charge in [0.25, 0.3) is 15.9 Å². The smallest absolute Gasteiger partial charge is 0.265 e. The van der Waals surface area contributed by atoms with Gasteiger partial charge in [0, 0.05) is 0 Å². The number of aryl methyl sites for hydroxylation is 1. The van der Waals surface area contributed by atoms with E-state index in [1.54, 1.807) is 24.3 Å². The van der Waals surface area contributed by atoms with Crippen LogP contribution < -0.4 is 4.72 Å². The summed E-state index contributed by atoms with van der Waals surface area (Å²) in [7, 11) is -6.52. The van der Waals surface area contributed by atoms with Gasteiger partial charge in [0.2, 0.25) is 8.32 Å². The highest BCUT2D eigenvalue weighted by Crippen LogP contribution is 2.43. The highest BCUT2D eigenvalue weighted by molar-refractivity contribution is 7.90. The van der Waals surface area contributed by atoms with Gasteiger partial charge in [-0.05, 0) is 48.0 Å². The topological polar surface area (TPSA) is 92.7 Å². The summed E-state index contributed by atoms with van der Waals surface area (Å²) in [5.74, 6) is -0.648. The van der Waals surface area contributed by atoms with Crippen molar-refractivity contribution in [2.75, 3.05) is 0 Å². The number of hydrogen-bond donors (Lipinski definition) is 2. The van der Waals surface area contributed by atoms with Crippen LogP contribution in [0, 0.1) is 12.8 Å². The van der Waals surface area contributed by atoms with Crippen LogP contribution in [0.4, 0.5) is 0 Å². The number of sulfonamides is 1. The van der Waals surface area contributed by atoms with Crippen molar-refractivity contribution in [1.82, 2.24) is 4.72 Å². The molecule has 8 heteroatoms. The lowest BCUT2D eigenvalue weighted by Crippen LogP contribution is -2.53. The minimum absolute atomic E-state index is 0.0273. The number of benzene rings is 1. The molecule has 1 amide bonds. The Morgan fingerprint density at radius 2 is 1.48 bits per heavy atom. The van der Waals surface area contributed by atoms with E-state index in [2.05, 4.69) is 46.3 Å². The Balaban J connectivity index is 3.31. The Hall–Kier alpha value is -1.48. The van der Waals surface area contributed by atoms with Gasteiger partial charge < -0.3 is 9.53 Å². The lowest BCUT2D eigenvalue weighted by atomic mass is 10.0. The van der Waals surface area contributed by atoms with Gasteiger partial charge in [-0.2, -0.15) is 0 Å². The van der Waals surface area contributed by atoms with E-state index >= 15 is 0 Å². The second kappa shape index (κ2) is 12.3. The molecular weight excluding hydrogens is 454 g/mol. The van der Waals surface area contributed by atoms with Crippen molar-refractivity contribution < 1.29 is 22.7 Å². The van der Waals surface area contributed by atoms with Gasteiger partial charge in [0.05, 0.1) is 11.0 Å². The van der Waals surface area contributed by atoms with Crippen LogP contribution in [0.15, 0.2) is 41.3 Å². The molecule has 33 heavy (non-hydrogen) atoms. The molecule has 0 saturated carbocycles. The molecule has 6 nitrogen and oxygen atoms in total. The molecule has 0 radical (unpaired) electrons. The Morgan fingerprint density at radius 3 is 1.91 bits per heavy atom. The molecule has 0 aliphatic rings. The SMILES string of the molecule is Cc1ccc(S(=O)(=O)NC(=O)[C@@H](/C=C/C[C@@H](O)C(C)C)O[Si](C(C)C)(C(C)C)C(C)C)cc1. The summed E-state index contributed by atoms with van der Waals surface area (Å²) in [6.45, 7) is 18.3. The van der Waals surface area contributed by atoms with Gasteiger partial charge in [0.15, 0.2) is 0 Å². The first-order valence-electron chi connectivity index (χ1n) is 11.8. The van der Waals surface area contributed by atoms with E-state index in [-0.39, 0.29) is 27.4 Å². The number of carbonyl (C=O) groups is 1. The maximum absolute atomic E-state index is 13.2. The molecule has 0 heterocycles. The molecule has 0 aliphatic carbocycles. The highest BCUT2D eigenvalue weighted by Gasteiger charge is 2.47. The van der Waals surface area contributed by atoms with Gasteiger partial charge in [-0.15, -0.1) is 0 Å². The molecule has 0 unspecified atom stereocenters. The molecule has 1 aromatic carbocycles. The molecule has 0 fully saturated rings. The van der Waals surface area contributed by atoms with Crippen LogP contribution in [0.25, 0.3) is 0 Å². The van der Waals surface area contributed by atoms with E-state index < -0.39 is 36.5 Å². The van der Waals surface area contributed by atoms with E-state index in [4.69, 9.17) is 4.43 Å². The molecule has 188 valence electrons.